The fourth-order valence-electron chi connectivity index (χ4n) is 9.09. The van der Waals surface area contributed by atoms with Gasteiger partial charge in [0.05, 0.1) is 0 Å². The summed E-state index contributed by atoms with van der Waals surface area (Å²) in [5.74, 6) is -0.893. The zero-order chi connectivity index (χ0) is 54.3. The van der Waals surface area contributed by atoms with Gasteiger partial charge in [-0.2, -0.15) is 0 Å². The van der Waals surface area contributed by atoms with Crippen molar-refractivity contribution >= 4 is 17.9 Å². The van der Waals surface area contributed by atoms with Crippen LogP contribution in [0.15, 0.2) is 85.1 Å². The summed E-state index contributed by atoms with van der Waals surface area (Å²) >= 11 is 0. The number of hydrogen-bond acceptors (Lipinski definition) is 6. The van der Waals surface area contributed by atoms with Gasteiger partial charge in [-0.05, 0) is 96.3 Å². The van der Waals surface area contributed by atoms with Crippen LogP contribution < -0.4 is 0 Å². The predicted molar refractivity (Wildman–Crippen MR) is 325 cm³/mol. The number of rotatable bonds is 58. The van der Waals surface area contributed by atoms with Crippen molar-refractivity contribution < 1.29 is 28.6 Å². The third-order valence-electron chi connectivity index (χ3n) is 13.9. The standard InChI is InChI=1S/C69H120O6/c1-4-7-10-13-16-19-21-23-25-27-29-31-32-33-34-35-36-38-39-41-43-45-47-50-53-56-59-62-68(71)74-65-66(64-73-67(70)61-58-55-52-49-18-15-12-9-6-3)75-69(72)63-60-57-54-51-48-46-44-42-40-37-30-28-26-24-22-20-17-14-11-8-5-2/h8,11,17,20-21,23-24,26-27,29-30,37,42,44,66H,4-7,9-10,12-16,18-19,22,25,28,31-36,38-41,43,45-65H2,1-3H3/b11-8-,20-17-,23-21-,26-24-,29-27-,37-30-,44-42-. The summed E-state index contributed by atoms with van der Waals surface area (Å²) in [5.41, 5.74) is 0. The van der Waals surface area contributed by atoms with Gasteiger partial charge in [0, 0.05) is 19.3 Å². The first kappa shape index (κ1) is 71.6. The van der Waals surface area contributed by atoms with Crippen molar-refractivity contribution in [3.8, 4) is 0 Å². The SMILES string of the molecule is CC/C=C\C/C=C\C/C=C\C/C=C\C/C=C\CCCCCCCC(=O)OC(COC(=O)CCCCCCCCCCC)COC(=O)CCCCCCCCCCCCCCCCC/C=C\C/C=C\CCCCCCC. The van der Waals surface area contributed by atoms with Gasteiger partial charge < -0.3 is 14.2 Å². The average molecular weight is 1050 g/mol. The Hall–Kier alpha value is -3.41. The minimum atomic E-state index is -0.785. The van der Waals surface area contributed by atoms with E-state index in [9.17, 15) is 14.4 Å². The second-order valence-corrected chi connectivity index (χ2v) is 21.3. The minimum Gasteiger partial charge on any atom is -0.462 e. The molecule has 0 aliphatic rings. The molecule has 0 N–H and O–H groups in total. The number of hydrogen-bond donors (Lipinski definition) is 0. The van der Waals surface area contributed by atoms with Gasteiger partial charge in [-0.1, -0.05) is 286 Å². The maximum atomic E-state index is 12.9. The Labute approximate surface area is 465 Å². The molecule has 0 aromatic rings. The van der Waals surface area contributed by atoms with E-state index in [1.54, 1.807) is 0 Å². The molecule has 0 aromatic carbocycles. The molecule has 0 spiro atoms. The van der Waals surface area contributed by atoms with Crippen molar-refractivity contribution in [2.24, 2.45) is 0 Å². The Morgan fingerprint density at radius 1 is 0.280 bits per heavy atom. The van der Waals surface area contributed by atoms with Gasteiger partial charge in [0.25, 0.3) is 0 Å². The van der Waals surface area contributed by atoms with Crippen LogP contribution in [0.3, 0.4) is 0 Å². The van der Waals surface area contributed by atoms with Gasteiger partial charge in [-0.15, -0.1) is 0 Å². The van der Waals surface area contributed by atoms with E-state index < -0.39 is 6.10 Å². The number of unbranched alkanes of at least 4 members (excludes halogenated alkanes) is 33. The summed E-state index contributed by atoms with van der Waals surface area (Å²) in [6.45, 7) is 6.51. The summed E-state index contributed by atoms with van der Waals surface area (Å²) in [7, 11) is 0. The van der Waals surface area contributed by atoms with Gasteiger partial charge in [0.15, 0.2) is 6.10 Å². The quantitative estimate of drug-likeness (QED) is 0.0261. The highest BCUT2D eigenvalue weighted by Crippen LogP contribution is 2.16. The first-order valence-electron chi connectivity index (χ1n) is 32.1. The molecular formula is C69H120O6. The van der Waals surface area contributed by atoms with E-state index >= 15 is 0 Å². The molecule has 432 valence electrons. The van der Waals surface area contributed by atoms with E-state index in [0.29, 0.717) is 19.3 Å². The van der Waals surface area contributed by atoms with Crippen LogP contribution in [0, 0.1) is 0 Å². The second-order valence-electron chi connectivity index (χ2n) is 21.3. The lowest BCUT2D eigenvalue weighted by atomic mass is 10.0. The molecule has 0 aliphatic carbocycles. The van der Waals surface area contributed by atoms with Gasteiger partial charge in [0.2, 0.25) is 0 Å². The molecule has 0 saturated carbocycles. The molecule has 0 saturated heterocycles. The number of carbonyl (C=O) groups is 3. The van der Waals surface area contributed by atoms with Crippen molar-refractivity contribution in [2.75, 3.05) is 13.2 Å². The van der Waals surface area contributed by atoms with Gasteiger partial charge in [0.1, 0.15) is 13.2 Å². The molecule has 6 nitrogen and oxygen atoms in total. The molecule has 1 atom stereocenters. The molecule has 0 aliphatic heterocycles. The lowest BCUT2D eigenvalue weighted by Gasteiger charge is -2.18. The first-order chi connectivity index (χ1) is 37.0. The Balaban J connectivity index is 4.21. The lowest BCUT2D eigenvalue weighted by molar-refractivity contribution is -0.167. The van der Waals surface area contributed by atoms with E-state index in [2.05, 4.69) is 106 Å². The smallest absolute Gasteiger partial charge is 0.306 e. The van der Waals surface area contributed by atoms with E-state index in [1.165, 1.54) is 161 Å². The fourth-order valence-corrected chi connectivity index (χ4v) is 9.09. The Morgan fingerprint density at radius 3 is 0.813 bits per heavy atom. The maximum Gasteiger partial charge on any atom is 0.306 e. The van der Waals surface area contributed by atoms with E-state index in [-0.39, 0.29) is 31.1 Å². The molecule has 0 fully saturated rings. The van der Waals surface area contributed by atoms with E-state index in [4.69, 9.17) is 14.2 Å². The largest absolute Gasteiger partial charge is 0.462 e. The molecular weight excluding hydrogens is 925 g/mol. The van der Waals surface area contributed by atoms with Crippen LogP contribution in [0.25, 0.3) is 0 Å². The summed E-state index contributed by atoms with van der Waals surface area (Å²) in [6.07, 6.45) is 83.2. The molecule has 0 aromatic heterocycles. The number of esters is 3. The lowest BCUT2D eigenvalue weighted by Crippen LogP contribution is -2.30. The van der Waals surface area contributed by atoms with Crippen LogP contribution in [-0.2, 0) is 28.6 Å². The van der Waals surface area contributed by atoms with Gasteiger partial charge in [-0.25, -0.2) is 0 Å². The zero-order valence-corrected chi connectivity index (χ0v) is 49.6. The van der Waals surface area contributed by atoms with Gasteiger partial charge >= 0.3 is 17.9 Å². The molecule has 0 rings (SSSR count). The number of allylic oxidation sites excluding steroid dienone is 14. The van der Waals surface area contributed by atoms with Crippen LogP contribution in [0.1, 0.15) is 316 Å². The Kier molecular flexibility index (Phi) is 60.3. The molecule has 6 heteroatoms. The van der Waals surface area contributed by atoms with E-state index in [1.807, 2.05) is 0 Å². The Bertz CT molecular complexity index is 1430. The summed E-state index contributed by atoms with van der Waals surface area (Å²) < 4.78 is 16.9. The maximum absolute atomic E-state index is 12.9. The second kappa shape index (κ2) is 63.1. The summed E-state index contributed by atoms with van der Waals surface area (Å²) in [4.78, 5) is 38.2. The number of ether oxygens (including phenoxy) is 3. The van der Waals surface area contributed by atoms with E-state index in [0.717, 1.165) is 116 Å². The molecule has 0 heterocycles. The molecule has 0 radical (unpaired) electrons. The van der Waals surface area contributed by atoms with Crippen molar-refractivity contribution in [1.82, 2.24) is 0 Å². The normalized spacial score (nSPS) is 12.6. The highest BCUT2D eigenvalue weighted by atomic mass is 16.6. The van der Waals surface area contributed by atoms with Crippen LogP contribution in [0.2, 0.25) is 0 Å². The monoisotopic (exact) mass is 1040 g/mol. The summed E-state index contributed by atoms with van der Waals surface area (Å²) in [6, 6.07) is 0. The highest BCUT2D eigenvalue weighted by Gasteiger charge is 2.19. The van der Waals surface area contributed by atoms with Crippen LogP contribution in [0.4, 0.5) is 0 Å². The van der Waals surface area contributed by atoms with Crippen LogP contribution in [-0.4, -0.2) is 37.2 Å². The van der Waals surface area contributed by atoms with Gasteiger partial charge in [-0.3, -0.25) is 14.4 Å². The van der Waals surface area contributed by atoms with Crippen molar-refractivity contribution in [2.45, 2.75) is 322 Å². The molecule has 0 amide bonds. The topological polar surface area (TPSA) is 78.9 Å². The van der Waals surface area contributed by atoms with Crippen molar-refractivity contribution in [1.29, 1.82) is 0 Å². The Morgan fingerprint density at radius 2 is 0.520 bits per heavy atom. The zero-order valence-electron chi connectivity index (χ0n) is 49.6. The third kappa shape index (κ3) is 61.3. The predicted octanol–water partition coefficient (Wildman–Crippen LogP) is 21.9. The molecule has 75 heavy (non-hydrogen) atoms. The van der Waals surface area contributed by atoms with Crippen molar-refractivity contribution in [3.63, 3.8) is 0 Å². The minimum absolute atomic E-state index is 0.0820. The third-order valence-corrected chi connectivity index (χ3v) is 13.9. The first-order valence-corrected chi connectivity index (χ1v) is 32.1. The number of carbonyl (C=O) groups excluding carboxylic acids is 3. The highest BCUT2D eigenvalue weighted by molar-refractivity contribution is 5.71. The van der Waals surface area contributed by atoms with Crippen LogP contribution in [0.5, 0.6) is 0 Å². The average Bonchev–Trinajstić information content (AvgIpc) is 3.41. The van der Waals surface area contributed by atoms with Crippen LogP contribution >= 0.6 is 0 Å². The molecule has 0 bridgehead atoms. The fraction of sp³-hybridized carbons (Fsp3) is 0.754. The van der Waals surface area contributed by atoms with Crippen molar-refractivity contribution in [3.05, 3.63) is 85.1 Å². The molecule has 1 unspecified atom stereocenters. The summed E-state index contributed by atoms with van der Waals surface area (Å²) in [5, 5.41) is 0.